The molecule has 1 rings (SSSR count). The van der Waals surface area contributed by atoms with E-state index in [9.17, 15) is 14.4 Å². The summed E-state index contributed by atoms with van der Waals surface area (Å²) in [6.07, 6.45) is 0.280. The molecule has 0 fully saturated rings. The van der Waals surface area contributed by atoms with E-state index in [1.807, 2.05) is 0 Å². The van der Waals surface area contributed by atoms with Crippen LogP contribution in [0.1, 0.15) is 27.2 Å². The first-order chi connectivity index (χ1) is 10.4. The van der Waals surface area contributed by atoms with Crippen molar-refractivity contribution in [3.05, 3.63) is 18.2 Å². The molecule has 7 heteroatoms. The minimum atomic E-state index is -0.255. The third kappa shape index (κ3) is 6.62. The Morgan fingerprint density at radius 3 is 2.41 bits per heavy atom. The van der Waals surface area contributed by atoms with Crippen LogP contribution >= 0.6 is 11.8 Å². The number of amides is 2. The Balaban J connectivity index is 2.79. The number of carbonyl (C=O) groups excluding carboxylic acids is 3. The molecule has 0 aliphatic heterocycles. The quantitative estimate of drug-likeness (QED) is 0.595. The second-order valence-electron chi connectivity index (χ2n) is 4.48. The van der Waals surface area contributed by atoms with Crippen molar-refractivity contribution >= 4 is 40.9 Å². The third-order valence-corrected chi connectivity index (χ3v) is 3.54. The van der Waals surface area contributed by atoms with Gasteiger partial charge in [-0.3, -0.25) is 14.4 Å². The number of carbonyl (C=O) groups is 3. The monoisotopic (exact) mass is 324 g/mol. The van der Waals surface area contributed by atoms with E-state index in [0.29, 0.717) is 23.7 Å². The molecule has 1 aromatic rings. The molecule has 0 spiro atoms. The minimum absolute atomic E-state index is 0.172. The highest BCUT2D eigenvalue weighted by Crippen LogP contribution is 2.31. The number of benzene rings is 1. The van der Waals surface area contributed by atoms with Gasteiger partial charge in [0.1, 0.15) is 0 Å². The van der Waals surface area contributed by atoms with E-state index in [1.54, 1.807) is 25.1 Å². The molecular weight excluding hydrogens is 304 g/mol. The maximum Gasteiger partial charge on any atom is 0.306 e. The molecule has 0 saturated heterocycles. The predicted octanol–water partition coefficient (Wildman–Crippen LogP) is 2.65. The van der Waals surface area contributed by atoms with E-state index in [2.05, 4.69) is 10.6 Å². The number of nitrogens with one attached hydrogen (secondary N) is 2. The number of ether oxygens (including phenoxy) is 1. The lowest BCUT2D eigenvalue weighted by molar-refractivity contribution is -0.142. The van der Waals surface area contributed by atoms with Crippen LogP contribution in [-0.2, 0) is 19.1 Å². The summed E-state index contributed by atoms with van der Waals surface area (Å²) in [7, 11) is 0. The first kappa shape index (κ1) is 18.0. The fraction of sp³-hybridized carbons (Fsp3) is 0.400. The van der Waals surface area contributed by atoms with Gasteiger partial charge < -0.3 is 15.4 Å². The van der Waals surface area contributed by atoms with E-state index in [1.165, 1.54) is 25.6 Å². The van der Waals surface area contributed by atoms with Crippen molar-refractivity contribution in [2.75, 3.05) is 23.0 Å². The van der Waals surface area contributed by atoms with Crippen molar-refractivity contribution in [1.82, 2.24) is 0 Å². The molecule has 0 aliphatic carbocycles. The van der Waals surface area contributed by atoms with Crippen molar-refractivity contribution in [1.29, 1.82) is 0 Å². The van der Waals surface area contributed by atoms with Gasteiger partial charge in [0.25, 0.3) is 0 Å². The summed E-state index contributed by atoms with van der Waals surface area (Å²) in [5, 5.41) is 5.42. The number of hydrogen-bond acceptors (Lipinski definition) is 5. The first-order valence-corrected chi connectivity index (χ1v) is 7.88. The molecule has 0 unspecified atom stereocenters. The van der Waals surface area contributed by atoms with Crippen LogP contribution in [0.25, 0.3) is 0 Å². The number of hydrogen-bond donors (Lipinski definition) is 2. The van der Waals surface area contributed by atoms with Crippen molar-refractivity contribution in [3.8, 4) is 0 Å². The number of thioether (sulfide) groups is 1. The number of esters is 1. The highest BCUT2D eigenvalue weighted by molar-refractivity contribution is 7.99. The number of anilines is 2. The van der Waals surface area contributed by atoms with Crippen LogP contribution in [0.3, 0.4) is 0 Å². The highest BCUT2D eigenvalue weighted by Gasteiger charge is 2.09. The largest absolute Gasteiger partial charge is 0.466 e. The van der Waals surface area contributed by atoms with Gasteiger partial charge in [-0.25, -0.2) is 0 Å². The molecule has 22 heavy (non-hydrogen) atoms. The molecule has 2 N–H and O–H groups in total. The van der Waals surface area contributed by atoms with Crippen LogP contribution in [0.4, 0.5) is 11.4 Å². The smallest absolute Gasteiger partial charge is 0.306 e. The molecule has 0 atom stereocenters. The van der Waals surface area contributed by atoms with Crippen LogP contribution in [0.15, 0.2) is 23.1 Å². The normalized spacial score (nSPS) is 9.95. The van der Waals surface area contributed by atoms with Gasteiger partial charge in [-0.05, 0) is 25.1 Å². The molecular formula is C15H20N2O4S. The van der Waals surface area contributed by atoms with E-state index >= 15 is 0 Å². The molecule has 0 heterocycles. The van der Waals surface area contributed by atoms with Crippen LogP contribution in [0.5, 0.6) is 0 Å². The lowest BCUT2D eigenvalue weighted by atomic mass is 10.2. The van der Waals surface area contributed by atoms with Crippen molar-refractivity contribution in [3.63, 3.8) is 0 Å². The predicted molar refractivity (Wildman–Crippen MR) is 87.0 cm³/mol. The van der Waals surface area contributed by atoms with Crippen LogP contribution < -0.4 is 10.6 Å². The highest BCUT2D eigenvalue weighted by atomic mass is 32.2. The summed E-state index contributed by atoms with van der Waals surface area (Å²) < 4.78 is 4.87. The summed E-state index contributed by atoms with van der Waals surface area (Å²) >= 11 is 1.42. The lowest BCUT2D eigenvalue weighted by Gasteiger charge is -2.12. The second kappa shape index (κ2) is 9.09. The third-order valence-electron chi connectivity index (χ3n) is 2.48. The zero-order valence-corrected chi connectivity index (χ0v) is 13.7. The lowest BCUT2D eigenvalue weighted by Crippen LogP contribution is -2.09. The van der Waals surface area contributed by atoms with Gasteiger partial charge >= 0.3 is 5.97 Å². The van der Waals surface area contributed by atoms with Crippen molar-refractivity contribution in [2.45, 2.75) is 32.1 Å². The SMILES string of the molecule is CCOC(=O)CCSc1cc(NC(C)=O)ccc1NC(C)=O. The van der Waals surface area contributed by atoms with E-state index in [4.69, 9.17) is 4.74 Å². The number of rotatable bonds is 7. The van der Waals surface area contributed by atoms with Gasteiger partial charge in [0.05, 0.1) is 18.7 Å². The average molecular weight is 324 g/mol. The zero-order valence-electron chi connectivity index (χ0n) is 12.9. The Bertz CT molecular complexity index is 560. The molecule has 0 saturated carbocycles. The standard InChI is InChI=1S/C15H20N2O4S/c1-4-21-15(20)7-8-22-14-9-12(16-10(2)18)5-6-13(14)17-11(3)19/h5-6,9H,4,7-8H2,1-3H3,(H,16,18)(H,17,19). The fourth-order valence-electron chi connectivity index (χ4n) is 1.69. The molecule has 0 radical (unpaired) electrons. The van der Waals surface area contributed by atoms with Crippen LogP contribution in [0, 0.1) is 0 Å². The maximum atomic E-state index is 11.3. The minimum Gasteiger partial charge on any atom is -0.466 e. The van der Waals surface area contributed by atoms with Gasteiger partial charge in [-0.2, -0.15) is 0 Å². The Hall–Kier alpha value is -2.02. The molecule has 0 aromatic heterocycles. The van der Waals surface area contributed by atoms with Gasteiger partial charge in [0.15, 0.2) is 0 Å². The Morgan fingerprint density at radius 2 is 1.82 bits per heavy atom. The Kier molecular flexibility index (Phi) is 7.45. The van der Waals surface area contributed by atoms with Crippen molar-refractivity contribution < 1.29 is 19.1 Å². The molecule has 0 aliphatic rings. The van der Waals surface area contributed by atoms with E-state index in [0.717, 1.165) is 4.90 Å². The molecule has 1 aromatic carbocycles. The summed E-state index contributed by atoms with van der Waals surface area (Å²) in [6.45, 7) is 4.97. The molecule has 120 valence electrons. The van der Waals surface area contributed by atoms with Gasteiger partial charge in [-0.15, -0.1) is 11.8 Å². The average Bonchev–Trinajstić information content (AvgIpc) is 2.40. The van der Waals surface area contributed by atoms with Gasteiger partial charge in [0, 0.05) is 30.2 Å². The second-order valence-corrected chi connectivity index (χ2v) is 5.61. The Labute approximate surface area is 134 Å². The van der Waals surface area contributed by atoms with Gasteiger partial charge in [0.2, 0.25) is 11.8 Å². The van der Waals surface area contributed by atoms with Crippen LogP contribution in [-0.4, -0.2) is 30.1 Å². The summed E-state index contributed by atoms with van der Waals surface area (Å²) in [6, 6.07) is 5.20. The van der Waals surface area contributed by atoms with E-state index in [-0.39, 0.29) is 24.2 Å². The first-order valence-electron chi connectivity index (χ1n) is 6.90. The molecule has 0 bridgehead atoms. The fourth-order valence-corrected chi connectivity index (χ4v) is 2.67. The zero-order chi connectivity index (χ0) is 16.5. The van der Waals surface area contributed by atoms with Crippen LogP contribution in [0.2, 0.25) is 0 Å². The molecule has 6 nitrogen and oxygen atoms in total. The van der Waals surface area contributed by atoms with Gasteiger partial charge in [-0.1, -0.05) is 0 Å². The summed E-state index contributed by atoms with van der Waals surface area (Å²) in [5.74, 6) is -0.0852. The topological polar surface area (TPSA) is 84.5 Å². The van der Waals surface area contributed by atoms with E-state index < -0.39 is 0 Å². The molecule has 2 amide bonds. The summed E-state index contributed by atoms with van der Waals surface area (Å²) in [4.78, 5) is 34.5. The summed E-state index contributed by atoms with van der Waals surface area (Å²) in [5.41, 5.74) is 1.29. The Morgan fingerprint density at radius 1 is 1.14 bits per heavy atom. The maximum absolute atomic E-state index is 11.3. The van der Waals surface area contributed by atoms with Crippen molar-refractivity contribution in [2.24, 2.45) is 0 Å².